The quantitative estimate of drug-likeness (QED) is 0.697. The van der Waals surface area contributed by atoms with Gasteiger partial charge in [0.1, 0.15) is 11.5 Å². The lowest BCUT2D eigenvalue weighted by Crippen LogP contribution is -2.38. The molecule has 0 unspecified atom stereocenters. The first-order valence-electron chi connectivity index (χ1n) is 9.49. The maximum Gasteiger partial charge on any atom is 0.214 e. The average molecular weight is 382 g/mol. The Labute approximate surface area is 164 Å². The Balaban J connectivity index is 1.66. The van der Waals surface area contributed by atoms with E-state index in [1.165, 1.54) is 0 Å². The molecule has 0 saturated carbocycles. The molecule has 1 aliphatic heterocycles. The zero-order valence-electron chi connectivity index (χ0n) is 16.6. The zero-order valence-corrected chi connectivity index (χ0v) is 16.6. The van der Waals surface area contributed by atoms with E-state index in [-0.39, 0.29) is 12.1 Å². The summed E-state index contributed by atoms with van der Waals surface area (Å²) in [5, 5.41) is 18.8. The molecule has 0 aliphatic carbocycles. The molecule has 0 bridgehead atoms. The molecular formula is C20H26N6O2. The van der Waals surface area contributed by atoms with Gasteiger partial charge in [0.15, 0.2) is 0 Å². The van der Waals surface area contributed by atoms with Crippen molar-refractivity contribution in [1.29, 1.82) is 0 Å². The third kappa shape index (κ3) is 3.53. The van der Waals surface area contributed by atoms with Crippen LogP contribution in [0.25, 0.3) is 22.2 Å². The van der Waals surface area contributed by atoms with Crippen molar-refractivity contribution in [1.82, 2.24) is 25.1 Å². The normalized spacial score (nSPS) is 19.9. The van der Waals surface area contributed by atoms with Crippen molar-refractivity contribution >= 4 is 16.7 Å². The number of aliphatic hydroxyl groups is 1. The summed E-state index contributed by atoms with van der Waals surface area (Å²) in [6, 6.07) is 5.97. The molecule has 0 radical (unpaired) electrons. The number of fused-ring (bicyclic) bond motifs is 1. The smallest absolute Gasteiger partial charge is 0.214 e. The van der Waals surface area contributed by atoms with Crippen LogP contribution in [0, 0.1) is 0 Å². The number of hydrogen-bond acceptors (Lipinski definition) is 7. The Hall–Kier alpha value is -2.71. The molecule has 8 heteroatoms. The Morgan fingerprint density at radius 3 is 2.79 bits per heavy atom. The highest BCUT2D eigenvalue weighted by Gasteiger charge is 2.33. The van der Waals surface area contributed by atoms with E-state index >= 15 is 0 Å². The minimum absolute atomic E-state index is 0.0547. The highest BCUT2D eigenvalue weighted by atomic mass is 16.5. The van der Waals surface area contributed by atoms with E-state index in [0.717, 1.165) is 34.5 Å². The van der Waals surface area contributed by atoms with Crippen molar-refractivity contribution in [3.8, 4) is 17.1 Å². The van der Waals surface area contributed by atoms with Crippen molar-refractivity contribution in [3.05, 3.63) is 30.6 Å². The highest BCUT2D eigenvalue weighted by Crippen LogP contribution is 2.30. The van der Waals surface area contributed by atoms with E-state index in [1.54, 1.807) is 12.4 Å². The molecule has 4 rings (SSSR count). The molecule has 8 nitrogen and oxygen atoms in total. The van der Waals surface area contributed by atoms with E-state index < -0.39 is 6.10 Å². The van der Waals surface area contributed by atoms with Crippen LogP contribution in [0.5, 0.6) is 5.88 Å². The van der Waals surface area contributed by atoms with Gasteiger partial charge in [0.2, 0.25) is 5.88 Å². The molecule has 148 valence electrons. The van der Waals surface area contributed by atoms with Gasteiger partial charge in [-0.2, -0.15) is 5.10 Å². The fraction of sp³-hybridized carbons (Fsp3) is 0.450. The third-order valence-electron chi connectivity index (χ3n) is 5.04. The molecule has 1 saturated heterocycles. The summed E-state index contributed by atoms with van der Waals surface area (Å²) in [6.07, 6.45) is 3.18. The second-order valence-corrected chi connectivity index (χ2v) is 7.71. The molecule has 3 aromatic rings. The number of β-amino-alcohol motifs (C(OH)–C–C–N with tert-alkyl or cyclic N) is 1. The predicted octanol–water partition coefficient (Wildman–Crippen LogP) is 1.92. The van der Waals surface area contributed by atoms with Gasteiger partial charge in [-0.05, 0) is 40.1 Å². The molecule has 0 amide bonds. The van der Waals surface area contributed by atoms with Crippen molar-refractivity contribution < 1.29 is 9.84 Å². The van der Waals surface area contributed by atoms with Gasteiger partial charge in [-0.15, -0.1) is 0 Å². The van der Waals surface area contributed by atoms with Crippen LogP contribution in [0.3, 0.4) is 0 Å². The maximum absolute atomic E-state index is 10.3. The largest absolute Gasteiger partial charge is 0.475 e. The van der Waals surface area contributed by atoms with Gasteiger partial charge >= 0.3 is 0 Å². The molecule has 3 aromatic heterocycles. The number of hydrogen-bond donors (Lipinski definition) is 2. The Morgan fingerprint density at radius 1 is 1.25 bits per heavy atom. The van der Waals surface area contributed by atoms with Crippen LogP contribution < -0.4 is 9.64 Å². The van der Waals surface area contributed by atoms with Gasteiger partial charge in [-0.1, -0.05) is 0 Å². The first-order valence-corrected chi connectivity index (χ1v) is 9.49. The highest BCUT2D eigenvalue weighted by molar-refractivity contribution is 5.93. The second-order valence-electron chi connectivity index (χ2n) is 7.71. The van der Waals surface area contributed by atoms with Crippen LogP contribution in [0.1, 0.15) is 13.8 Å². The number of rotatable bonds is 5. The minimum atomic E-state index is -0.395. The summed E-state index contributed by atoms with van der Waals surface area (Å²) in [4.78, 5) is 13.0. The average Bonchev–Trinajstić information content (AvgIpc) is 3.24. The maximum atomic E-state index is 10.3. The van der Waals surface area contributed by atoms with Crippen LogP contribution in [0.4, 0.5) is 5.82 Å². The molecule has 2 atom stereocenters. The molecule has 2 N–H and O–H groups in total. The van der Waals surface area contributed by atoms with Crippen LogP contribution in [0.15, 0.2) is 30.6 Å². The monoisotopic (exact) mass is 382 g/mol. The van der Waals surface area contributed by atoms with E-state index in [9.17, 15) is 5.11 Å². The minimum Gasteiger partial charge on any atom is -0.475 e. The molecule has 0 aromatic carbocycles. The summed E-state index contributed by atoms with van der Waals surface area (Å²) >= 11 is 0. The van der Waals surface area contributed by atoms with Gasteiger partial charge in [0.25, 0.3) is 0 Å². The number of aromatic nitrogens is 4. The van der Waals surface area contributed by atoms with E-state index in [0.29, 0.717) is 12.4 Å². The number of pyridine rings is 2. The first kappa shape index (κ1) is 18.6. The van der Waals surface area contributed by atoms with E-state index in [4.69, 9.17) is 4.74 Å². The number of nitrogens with zero attached hydrogens (tertiary/aromatic N) is 5. The van der Waals surface area contributed by atoms with Crippen LogP contribution >= 0.6 is 0 Å². The summed E-state index contributed by atoms with van der Waals surface area (Å²) in [7, 11) is 3.98. The van der Waals surface area contributed by atoms with Crippen molar-refractivity contribution in [2.75, 3.05) is 32.1 Å². The Kier molecular flexibility index (Phi) is 4.91. The standard InChI is InChI=1S/C20H26N6O2/c1-12(2)28-19-8-14-15(9-22-19)23-24-20(14)13-5-6-21-18(7-13)26-10-16(25(3)4)17(27)11-26/h5-9,12,16-17,27H,10-11H2,1-4H3,(H,23,24)/t16-,17-/m0/s1. The number of H-pyrrole nitrogens is 1. The third-order valence-corrected chi connectivity index (χ3v) is 5.04. The molecule has 0 spiro atoms. The first-order chi connectivity index (χ1) is 13.4. The molecule has 28 heavy (non-hydrogen) atoms. The van der Waals surface area contributed by atoms with Crippen molar-refractivity contribution in [2.45, 2.75) is 32.1 Å². The number of likely N-dealkylation sites (N-methyl/N-ethyl adjacent to an activating group) is 1. The molecule has 1 aliphatic rings. The van der Waals surface area contributed by atoms with Gasteiger partial charge in [0, 0.05) is 36.3 Å². The van der Waals surface area contributed by atoms with Gasteiger partial charge in [-0.25, -0.2) is 9.97 Å². The second kappa shape index (κ2) is 7.37. The van der Waals surface area contributed by atoms with E-state index in [1.807, 2.05) is 46.1 Å². The van der Waals surface area contributed by atoms with Crippen molar-refractivity contribution in [2.24, 2.45) is 0 Å². The van der Waals surface area contributed by atoms with Crippen molar-refractivity contribution in [3.63, 3.8) is 0 Å². The Bertz CT molecular complexity index is 970. The summed E-state index contributed by atoms with van der Waals surface area (Å²) in [5.41, 5.74) is 2.65. The Morgan fingerprint density at radius 2 is 2.07 bits per heavy atom. The number of aromatic amines is 1. The predicted molar refractivity (Wildman–Crippen MR) is 109 cm³/mol. The lowest BCUT2D eigenvalue weighted by atomic mass is 10.1. The summed E-state index contributed by atoms with van der Waals surface area (Å²) in [5.74, 6) is 1.42. The number of aliphatic hydroxyl groups excluding tert-OH is 1. The fourth-order valence-corrected chi connectivity index (χ4v) is 3.63. The van der Waals surface area contributed by atoms with Gasteiger partial charge in [-0.3, -0.25) is 5.10 Å². The lowest BCUT2D eigenvalue weighted by Gasteiger charge is -2.22. The number of anilines is 1. The molecule has 1 fully saturated rings. The fourth-order valence-electron chi connectivity index (χ4n) is 3.63. The van der Waals surface area contributed by atoms with Crippen LogP contribution in [0.2, 0.25) is 0 Å². The lowest BCUT2D eigenvalue weighted by molar-refractivity contribution is 0.114. The molecule has 4 heterocycles. The SMILES string of the molecule is CC(C)Oc1cc2c(-c3ccnc(N4C[C@H](O)[C@@H](N(C)C)C4)c3)n[nH]c2cn1. The number of nitrogens with one attached hydrogen (secondary N) is 1. The van der Waals surface area contributed by atoms with E-state index in [2.05, 4.69) is 30.0 Å². The summed E-state index contributed by atoms with van der Waals surface area (Å²) in [6.45, 7) is 5.25. The van der Waals surface area contributed by atoms with Crippen LogP contribution in [-0.2, 0) is 0 Å². The van der Waals surface area contributed by atoms with Crippen LogP contribution in [-0.4, -0.2) is 75.6 Å². The molecular weight excluding hydrogens is 356 g/mol. The topological polar surface area (TPSA) is 90.4 Å². The zero-order chi connectivity index (χ0) is 19.8. The summed E-state index contributed by atoms with van der Waals surface area (Å²) < 4.78 is 5.73. The van der Waals surface area contributed by atoms with Gasteiger partial charge < -0.3 is 19.6 Å². The number of ether oxygens (including phenoxy) is 1. The van der Waals surface area contributed by atoms with Gasteiger partial charge in [0.05, 0.1) is 30.0 Å².